The fourth-order valence-electron chi connectivity index (χ4n) is 5.02. The Kier molecular flexibility index (Phi) is 8.19. The molecule has 1 unspecified atom stereocenters. The zero-order chi connectivity index (χ0) is 29.1. The Labute approximate surface area is 240 Å². The summed E-state index contributed by atoms with van der Waals surface area (Å²) in [5.74, 6) is 1.36. The third-order valence-corrected chi connectivity index (χ3v) is 7.38. The van der Waals surface area contributed by atoms with Crippen LogP contribution in [0.15, 0.2) is 78.9 Å². The molecular weight excluding hydrogens is 553 g/mol. The fraction of sp³-hybridized carbons (Fsp3) is 0.226. The molecule has 3 N–H and O–H groups in total. The molecule has 3 aromatic carbocycles. The number of ether oxygens (including phenoxy) is 1. The maximum atomic E-state index is 13.3. The van der Waals surface area contributed by atoms with Crippen molar-refractivity contribution in [1.82, 2.24) is 9.97 Å². The molecule has 2 heterocycles. The summed E-state index contributed by atoms with van der Waals surface area (Å²) in [6.45, 7) is 0.605. The highest BCUT2D eigenvalue weighted by atomic mass is 35.5. The van der Waals surface area contributed by atoms with Gasteiger partial charge in [-0.15, -0.1) is 0 Å². The molecule has 6 nitrogen and oxygen atoms in total. The quantitative estimate of drug-likeness (QED) is 0.238. The lowest BCUT2D eigenvalue weighted by Gasteiger charge is -2.25. The predicted molar refractivity (Wildman–Crippen MR) is 154 cm³/mol. The van der Waals surface area contributed by atoms with E-state index in [0.717, 1.165) is 25.0 Å². The average molecular weight is 581 g/mol. The Morgan fingerprint density at radius 3 is 2.41 bits per heavy atom. The standard InChI is InChI=1S/C31H28ClF3N4O2/c1-41-26-7-3-2-6-24(26)29(36)28(20-10-14-22(32)15-11-20)30-37-25(19-8-12-21(13-9-19)31(33,34)35)17-27(38-30)39-16-4-5-23(39)18-40/h2-3,6-15,17,23,40H,4-5,16,18,36H2,1H3. The Bertz CT molecular complexity index is 1560. The van der Waals surface area contributed by atoms with Crippen LogP contribution < -0.4 is 15.4 Å². The van der Waals surface area contributed by atoms with Crippen molar-refractivity contribution in [3.05, 3.63) is 106 Å². The Morgan fingerprint density at radius 1 is 1.05 bits per heavy atom. The van der Waals surface area contributed by atoms with Crippen molar-refractivity contribution in [2.24, 2.45) is 5.73 Å². The van der Waals surface area contributed by atoms with Crippen LogP contribution in [0.25, 0.3) is 22.5 Å². The maximum absolute atomic E-state index is 13.3. The number of hydrogen-bond acceptors (Lipinski definition) is 6. The van der Waals surface area contributed by atoms with Crippen LogP contribution in [-0.4, -0.2) is 41.4 Å². The molecule has 41 heavy (non-hydrogen) atoms. The fourth-order valence-corrected chi connectivity index (χ4v) is 5.15. The first kappa shape index (κ1) is 28.4. The molecule has 4 aromatic rings. The van der Waals surface area contributed by atoms with Crippen LogP contribution in [0.5, 0.6) is 5.75 Å². The smallest absolute Gasteiger partial charge is 0.416 e. The Morgan fingerprint density at radius 2 is 1.76 bits per heavy atom. The van der Waals surface area contributed by atoms with Gasteiger partial charge < -0.3 is 20.5 Å². The molecule has 0 saturated carbocycles. The molecule has 1 aliphatic heterocycles. The molecule has 0 aliphatic carbocycles. The molecule has 1 aromatic heterocycles. The first-order chi connectivity index (χ1) is 19.7. The van der Waals surface area contributed by atoms with Gasteiger partial charge in [0.05, 0.1) is 42.3 Å². The summed E-state index contributed by atoms with van der Waals surface area (Å²) in [7, 11) is 1.55. The highest BCUT2D eigenvalue weighted by Gasteiger charge is 2.31. The number of aliphatic hydroxyl groups is 1. The maximum Gasteiger partial charge on any atom is 0.416 e. The number of hydrogen-bond donors (Lipinski definition) is 2. The minimum Gasteiger partial charge on any atom is -0.496 e. The van der Waals surface area contributed by atoms with E-state index in [-0.39, 0.29) is 18.5 Å². The SMILES string of the molecule is COc1ccccc1C(N)=C(c1ccc(Cl)cc1)c1nc(-c2ccc(C(F)(F)F)cc2)cc(N2CCCC2CO)n1. The van der Waals surface area contributed by atoms with E-state index in [1.165, 1.54) is 12.1 Å². The van der Waals surface area contributed by atoms with Gasteiger partial charge in [-0.25, -0.2) is 9.97 Å². The Balaban J connectivity index is 1.76. The van der Waals surface area contributed by atoms with Crippen molar-refractivity contribution < 1.29 is 23.0 Å². The van der Waals surface area contributed by atoms with Crippen LogP contribution in [0.1, 0.15) is 35.4 Å². The largest absolute Gasteiger partial charge is 0.496 e. The van der Waals surface area contributed by atoms with Gasteiger partial charge in [-0.2, -0.15) is 13.2 Å². The van der Waals surface area contributed by atoms with Gasteiger partial charge in [0, 0.05) is 28.8 Å². The molecule has 10 heteroatoms. The second kappa shape index (κ2) is 11.8. The number of aromatic nitrogens is 2. The first-order valence-corrected chi connectivity index (χ1v) is 13.4. The predicted octanol–water partition coefficient (Wildman–Crippen LogP) is 6.66. The van der Waals surface area contributed by atoms with Crippen molar-refractivity contribution in [2.45, 2.75) is 25.1 Å². The number of rotatable bonds is 7. The monoisotopic (exact) mass is 580 g/mol. The topological polar surface area (TPSA) is 84.5 Å². The van der Waals surface area contributed by atoms with Gasteiger partial charge in [0.1, 0.15) is 11.6 Å². The molecule has 1 fully saturated rings. The van der Waals surface area contributed by atoms with Crippen molar-refractivity contribution in [3.63, 3.8) is 0 Å². The molecule has 0 amide bonds. The van der Waals surface area contributed by atoms with Gasteiger partial charge in [-0.3, -0.25) is 0 Å². The summed E-state index contributed by atoms with van der Waals surface area (Å²) in [5.41, 5.74) is 9.15. The van der Waals surface area contributed by atoms with Crippen molar-refractivity contribution in [2.75, 3.05) is 25.2 Å². The van der Waals surface area contributed by atoms with E-state index in [1.807, 2.05) is 23.1 Å². The third kappa shape index (κ3) is 6.01. The highest BCUT2D eigenvalue weighted by molar-refractivity contribution is 6.30. The lowest BCUT2D eigenvalue weighted by atomic mass is 9.98. The second-order valence-corrected chi connectivity index (χ2v) is 10.1. The summed E-state index contributed by atoms with van der Waals surface area (Å²) in [4.78, 5) is 11.7. The van der Waals surface area contributed by atoms with E-state index >= 15 is 0 Å². The van der Waals surface area contributed by atoms with Gasteiger partial charge in [0.15, 0.2) is 5.82 Å². The van der Waals surface area contributed by atoms with Gasteiger partial charge in [0.2, 0.25) is 0 Å². The molecule has 0 bridgehead atoms. The molecule has 1 atom stereocenters. The summed E-state index contributed by atoms with van der Waals surface area (Å²) in [6, 6.07) is 20.8. The number of alkyl halides is 3. The number of anilines is 1. The summed E-state index contributed by atoms with van der Waals surface area (Å²) in [6.07, 6.45) is -2.81. The number of aliphatic hydroxyl groups excluding tert-OH is 1. The minimum atomic E-state index is -4.46. The number of benzene rings is 3. The lowest BCUT2D eigenvalue weighted by Crippen LogP contribution is -2.33. The molecule has 0 radical (unpaired) electrons. The number of halogens is 4. The van der Waals surface area contributed by atoms with Crippen LogP contribution >= 0.6 is 11.6 Å². The third-order valence-electron chi connectivity index (χ3n) is 7.13. The molecule has 1 aliphatic rings. The van der Waals surface area contributed by atoms with Crippen LogP contribution in [0.2, 0.25) is 5.02 Å². The van der Waals surface area contributed by atoms with Gasteiger partial charge in [-0.1, -0.05) is 48.0 Å². The first-order valence-electron chi connectivity index (χ1n) is 13.0. The second-order valence-electron chi connectivity index (χ2n) is 9.68. The zero-order valence-corrected chi connectivity index (χ0v) is 23.0. The zero-order valence-electron chi connectivity index (χ0n) is 22.2. The van der Waals surface area contributed by atoms with Crippen molar-refractivity contribution in [3.8, 4) is 17.0 Å². The van der Waals surface area contributed by atoms with E-state index in [9.17, 15) is 18.3 Å². The molecule has 5 rings (SSSR count). The lowest BCUT2D eigenvalue weighted by molar-refractivity contribution is -0.137. The van der Waals surface area contributed by atoms with Crippen LogP contribution in [0, 0.1) is 0 Å². The average Bonchev–Trinajstić information content (AvgIpc) is 3.47. The van der Waals surface area contributed by atoms with E-state index in [4.69, 9.17) is 32.0 Å². The van der Waals surface area contributed by atoms with E-state index in [2.05, 4.69) is 0 Å². The van der Waals surface area contributed by atoms with E-state index < -0.39 is 11.7 Å². The van der Waals surface area contributed by atoms with Crippen molar-refractivity contribution >= 4 is 28.7 Å². The van der Waals surface area contributed by atoms with Crippen molar-refractivity contribution in [1.29, 1.82) is 0 Å². The minimum absolute atomic E-state index is 0.0574. The van der Waals surface area contributed by atoms with Gasteiger partial charge in [0.25, 0.3) is 0 Å². The summed E-state index contributed by atoms with van der Waals surface area (Å²) in [5, 5.41) is 10.6. The van der Waals surface area contributed by atoms with Crippen LogP contribution in [0.3, 0.4) is 0 Å². The number of nitrogens with two attached hydrogens (primary N) is 1. The van der Waals surface area contributed by atoms with Crippen LogP contribution in [-0.2, 0) is 6.18 Å². The Hall–Kier alpha value is -4.08. The van der Waals surface area contributed by atoms with Gasteiger partial charge >= 0.3 is 6.18 Å². The summed E-state index contributed by atoms with van der Waals surface area (Å²) < 4.78 is 45.4. The highest BCUT2D eigenvalue weighted by Crippen LogP contribution is 2.36. The van der Waals surface area contributed by atoms with E-state index in [0.29, 0.717) is 56.8 Å². The van der Waals surface area contributed by atoms with Gasteiger partial charge in [-0.05, 0) is 54.8 Å². The molecular formula is C31H28ClF3N4O2. The van der Waals surface area contributed by atoms with E-state index in [1.54, 1.807) is 43.5 Å². The normalized spacial score (nSPS) is 16.0. The summed E-state index contributed by atoms with van der Waals surface area (Å²) >= 11 is 6.19. The number of para-hydroxylation sites is 1. The molecule has 0 spiro atoms. The number of methoxy groups -OCH3 is 1. The number of nitrogens with zero attached hydrogens (tertiary/aromatic N) is 3. The molecule has 1 saturated heterocycles. The molecule has 212 valence electrons. The van der Waals surface area contributed by atoms with Crippen LogP contribution in [0.4, 0.5) is 19.0 Å².